The summed E-state index contributed by atoms with van der Waals surface area (Å²) in [4.78, 5) is 0.161. The van der Waals surface area contributed by atoms with E-state index in [9.17, 15) is 8.42 Å². The average molecular weight is 307 g/mol. The van der Waals surface area contributed by atoms with Gasteiger partial charge in [0.15, 0.2) is 0 Å². The molecule has 112 valence electrons. The molecule has 0 saturated carbocycles. The molecule has 2 aromatic rings. The van der Waals surface area contributed by atoms with Gasteiger partial charge in [0, 0.05) is 18.4 Å². The van der Waals surface area contributed by atoms with E-state index >= 15 is 0 Å². The second-order valence-corrected chi connectivity index (χ2v) is 6.05. The quantitative estimate of drug-likeness (QED) is 0.560. The van der Waals surface area contributed by atoms with Gasteiger partial charge >= 0.3 is 0 Å². The molecule has 0 radical (unpaired) electrons. The van der Waals surface area contributed by atoms with Gasteiger partial charge in [-0.05, 0) is 30.3 Å². The van der Waals surface area contributed by atoms with Crippen molar-refractivity contribution in [3.63, 3.8) is 0 Å². The maximum atomic E-state index is 12.4. The molecule has 0 aliphatic heterocycles. The van der Waals surface area contributed by atoms with Crippen molar-refractivity contribution in [1.29, 1.82) is 0 Å². The van der Waals surface area contributed by atoms with Crippen LogP contribution in [0.15, 0.2) is 53.4 Å². The molecule has 0 aromatic heterocycles. The van der Waals surface area contributed by atoms with Gasteiger partial charge in [-0.3, -0.25) is 10.6 Å². The van der Waals surface area contributed by atoms with E-state index in [-0.39, 0.29) is 4.90 Å². The van der Waals surface area contributed by atoms with Gasteiger partial charge in [0.2, 0.25) is 0 Å². The molecule has 7 heteroatoms. The minimum absolute atomic E-state index is 0.161. The Kier molecular flexibility index (Phi) is 4.79. The number of anilines is 2. The number of hydrogen-bond donors (Lipinski definition) is 3. The molecule has 0 unspecified atom stereocenters. The zero-order chi connectivity index (χ0) is 15.3. The zero-order valence-corrected chi connectivity index (χ0v) is 12.4. The fraction of sp³-hybridized carbons (Fsp3) is 0.143. The van der Waals surface area contributed by atoms with Crippen LogP contribution in [0.1, 0.15) is 5.56 Å². The second-order valence-electron chi connectivity index (χ2n) is 4.36. The maximum Gasteiger partial charge on any atom is 0.261 e. The molecule has 0 heterocycles. The standard InChI is InChI=1S/C14H17N3O3S/c1-20-10-11-4-2-3-5-14(11)17-21(18,19)13-8-6-12(16-15)7-9-13/h2-9,16-17H,10,15H2,1H3. The predicted molar refractivity (Wildman–Crippen MR) is 82.2 cm³/mol. The topological polar surface area (TPSA) is 93.4 Å². The molecule has 0 bridgehead atoms. The summed E-state index contributed by atoms with van der Waals surface area (Å²) in [5, 5.41) is 0. The number of para-hydroxylation sites is 1. The minimum Gasteiger partial charge on any atom is -0.380 e. The van der Waals surface area contributed by atoms with E-state index in [0.29, 0.717) is 18.0 Å². The fourth-order valence-electron chi connectivity index (χ4n) is 1.84. The van der Waals surface area contributed by atoms with E-state index in [4.69, 9.17) is 10.6 Å². The number of nitrogens with two attached hydrogens (primary N) is 1. The first-order valence-electron chi connectivity index (χ1n) is 6.23. The lowest BCUT2D eigenvalue weighted by Crippen LogP contribution is -2.14. The molecule has 0 atom stereocenters. The molecule has 0 aliphatic carbocycles. The van der Waals surface area contributed by atoms with E-state index in [2.05, 4.69) is 10.1 Å². The molecule has 0 spiro atoms. The molecule has 6 nitrogen and oxygen atoms in total. The van der Waals surface area contributed by atoms with Crippen molar-refractivity contribution in [3.05, 3.63) is 54.1 Å². The predicted octanol–water partition coefficient (Wildman–Crippen LogP) is 1.92. The van der Waals surface area contributed by atoms with Gasteiger partial charge in [0.25, 0.3) is 10.0 Å². The van der Waals surface area contributed by atoms with Gasteiger partial charge in [-0.1, -0.05) is 18.2 Å². The molecule has 0 fully saturated rings. The van der Waals surface area contributed by atoms with Crippen LogP contribution in [-0.2, 0) is 21.4 Å². The third-order valence-electron chi connectivity index (χ3n) is 2.89. The first-order valence-corrected chi connectivity index (χ1v) is 7.71. The highest BCUT2D eigenvalue weighted by Gasteiger charge is 2.15. The van der Waals surface area contributed by atoms with Gasteiger partial charge < -0.3 is 10.2 Å². The first-order chi connectivity index (χ1) is 10.1. The highest BCUT2D eigenvalue weighted by Crippen LogP contribution is 2.21. The maximum absolute atomic E-state index is 12.4. The number of ether oxygens (including phenoxy) is 1. The van der Waals surface area contributed by atoms with Crippen LogP contribution >= 0.6 is 0 Å². The summed E-state index contributed by atoms with van der Waals surface area (Å²) in [7, 11) is -2.09. The number of nitrogens with one attached hydrogen (secondary N) is 2. The van der Waals surface area contributed by atoms with Crippen molar-refractivity contribution in [2.24, 2.45) is 5.84 Å². The van der Waals surface area contributed by atoms with E-state index in [0.717, 1.165) is 5.56 Å². The van der Waals surface area contributed by atoms with Gasteiger partial charge in [-0.2, -0.15) is 0 Å². The lowest BCUT2D eigenvalue weighted by Gasteiger charge is -2.12. The van der Waals surface area contributed by atoms with Crippen LogP contribution in [0.4, 0.5) is 11.4 Å². The number of hydrogen-bond acceptors (Lipinski definition) is 5. The Balaban J connectivity index is 2.28. The van der Waals surface area contributed by atoms with Gasteiger partial charge in [-0.15, -0.1) is 0 Å². The monoisotopic (exact) mass is 307 g/mol. The van der Waals surface area contributed by atoms with Gasteiger partial charge in [-0.25, -0.2) is 8.42 Å². The second kappa shape index (κ2) is 6.57. The van der Waals surface area contributed by atoms with Crippen molar-refractivity contribution in [1.82, 2.24) is 0 Å². The Morgan fingerprint density at radius 3 is 2.38 bits per heavy atom. The SMILES string of the molecule is COCc1ccccc1NS(=O)(=O)c1ccc(NN)cc1. The number of methoxy groups -OCH3 is 1. The van der Waals surface area contributed by atoms with Crippen LogP contribution in [0.2, 0.25) is 0 Å². The zero-order valence-electron chi connectivity index (χ0n) is 11.5. The van der Waals surface area contributed by atoms with Crippen molar-refractivity contribution in [2.45, 2.75) is 11.5 Å². The summed E-state index contributed by atoms with van der Waals surface area (Å²) in [5.41, 5.74) is 4.35. The summed E-state index contributed by atoms with van der Waals surface area (Å²) in [6, 6.07) is 13.2. The number of rotatable bonds is 6. The highest BCUT2D eigenvalue weighted by atomic mass is 32.2. The highest BCUT2D eigenvalue weighted by molar-refractivity contribution is 7.92. The van der Waals surface area contributed by atoms with Gasteiger partial charge in [0.05, 0.1) is 17.2 Å². The third-order valence-corrected chi connectivity index (χ3v) is 4.27. The smallest absolute Gasteiger partial charge is 0.261 e. The van der Waals surface area contributed by atoms with E-state index in [1.165, 1.54) is 12.1 Å². The van der Waals surface area contributed by atoms with Crippen molar-refractivity contribution < 1.29 is 13.2 Å². The number of benzene rings is 2. The van der Waals surface area contributed by atoms with Crippen LogP contribution < -0.4 is 16.0 Å². The van der Waals surface area contributed by atoms with Crippen molar-refractivity contribution in [2.75, 3.05) is 17.3 Å². The summed E-state index contributed by atoms with van der Waals surface area (Å²) >= 11 is 0. The van der Waals surface area contributed by atoms with Gasteiger partial charge in [0.1, 0.15) is 0 Å². The molecular weight excluding hydrogens is 290 g/mol. The summed E-state index contributed by atoms with van der Waals surface area (Å²) in [6.07, 6.45) is 0. The summed E-state index contributed by atoms with van der Waals surface area (Å²) < 4.78 is 32.3. The van der Waals surface area contributed by atoms with Crippen molar-refractivity contribution >= 4 is 21.4 Å². The molecule has 0 amide bonds. The third kappa shape index (κ3) is 3.72. The van der Waals surface area contributed by atoms with E-state index in [1.807, 2.05) is 12.1 Å². The Hall–Kier alpha value is -2.09. The summed E-state index contributed by atoms with van der Waals surface area (Å²) in [5.74, 6) is 5.26. The molecule has 2 aromatic carbocycles. The Labute approximate surface area is 124 Å². The molecule has 4 N–H and O–H groups in total. The molecule has 0 aliphatic rings. The molecule has 21 heavy (non-hydrogen) atoms. The normalized spacial score (nSPS) is 11.1. The minimum atomic E-state index is -3.65. The van der Waals surface area contributed by atoms with E-state index in [1.54, 1.807) is 31.4 Å². The Morgan fingerprint density at radius 1 is 1.10 bits per heavy atom. The lowest BCUT2D eigenvalue weighted by molar-refractivity contribution is 0.185. The first kappa shape index (κ1) is 15.3. The largest absolute Gasteiger partial charge is 0.380 e. The van der Waals surface area contributed by atoms with Crippen LogP contribution in [0.5, 0.6) is 0 Å². The van der Waals surface area contributed by atoms with Crippen LogP contribution in [0, 0.1) is 0 Å². The Morgan fingerprint density at radius 2 is 1.76 bits per heavy atom. The summed E-state index contributed by atoms with van der Waals surface area (Å²) in [6.45, 7) is 0.328. The average Bonchev–Trinajstić information content (AvgIpc) is 2.49. The number of nitrogen functional groups attached to an aromatic ring is 1. The number of hydrazine groups is 1. The fourth-order valence-corrected chi connectivity index (χ4v) is 2.94. The van der Waals surface area contributed by atoms with Crippen LogP contribution in [0.25, 0.3) is 0 Å². The van der Waals surface area contributed by atoms with E-state index < -0.39 is 10.0 Å². The number of sulfonamides is 1. The van der Waals surface area contributed by atoms with Crippen LogP contribution in [0.3, 0.4) is 0 Å². The Bertz CT molecular complexity index is 700. The van der Waals surface area contributed by atoms with Crippen LogP contribution in [-0.4, -0.2) is 15.5 Å². The van der Waals surface area contributed by atoms with Crippen molar-refractivity contribution in [3.8, 4) is 0 Å². The molecular formula is C14H17N3O3S. The molecule has 2 rings (SSSR count). The lowest BCUT2D eigenvalue weighted by atomic mass is 10.2. The molecule has 0 saturated heterocycles.